The van der Waals surface area contributed by atoms with Gasteiger partial charge in [0.1, 0.15) is 0 Å². The van der Waals surface area contributed by atoms with Gasteiger partial charge in [-0.05, 0) is 43.9 Å². The first kappa shape index (κ1) is 12.1. The van der Waals surface area contributed by atoms with Crippen molar-refractivity contribution in [1.82, 2.24) is 0 Å². The number of hydrogen-bond acceptors (Lipinski definition) is 1. The van der Waals surface area contributed by atoms with E-state index in [1.54, 1.807) is 0 Å². The molecule has 0 saturated carbocycles. The molecule has 1 nitrogen and oxygen atoms in total. The number of rotatable bonds is 3. The molecule has 2 rings (SSSR count). The first-order valence-corrected chi connectivity index (χ1v) is 6.18. The number of benzene rings is 1. The van der Waals surface area contributed by atoms with E-state index >= 15 is 0 Å². The zero-order valence-corrected chi connectivity index (χ0v) is 10.9. The molecular formula is C16H20O. The minimum absolute atomic E-state index is 0.168. The summed E-state index contributed by atoms with van der Waals surface area (Å²) >= 11 is 0. The summed E-state index contributed by atoms with van der Waals surface area (Å²) in [6.07, 6.45) is 5.29. The Morgan fingerprint density at radius 2 is 1.94 bits per heavy atom. The van der Waals surface area contributed by atoms with E-state index in [2.05, 4.69) is 63.3 Å². The predicted molar refractivity (Wildman–Crippen MR) is 72.8 cm³/mol. The summed E-state index contributed by atoms with van der Waals surface area (Å²) in [5.41, 5.74) is 3.88. The Morgan fingerprint density at radius 1 is 1.24 bits per heavy atom. The van der Waals surface area contributed by atoms with Crippen LogP contribution in [-0.2, 0) is 4.74 Å². The Balaban J connectivity index is 2.42. The third kappa shape index (κ3) is 2.50. The fraction of sp³-hybridized carbons (Fsp3) is 0.375. The molecule has 0 aromatic heterocycles. The van der Waals surface area contributed by atoms with Crippen LogP contribution in [-0.4, -0.2) is 12.2 Å². The fourth-order valence-corrected chi connectivity index (χ4v) is 2.42. The molecule has 17 heavy (non-hydrogen) atoms. The van der Waals surface area contributed by atoms with Gasteiger partial charge in [-0.3, -0.25) is 0 Å². The molecule has 0 saturated heterocycles. The highest BCUT2D eigenvalue weighted by Crippen LogP contribution is 2.39. The molecule has 1 heteroatoms. The van der Waals surface area contributed by atoms with Crippen LogP contribution in [0.1, 0.15) is 32.8 Å². The summed E-state index contributed by atoms with van der Waals surface area (Å²) in [6.45, 7) is 7.11. The second kappa shape index (κ2) is 4.89. The average Bonchev–Trinajstić information content (AvgIpc) is 2.63. The molecule has 90 valence electrons. The smallest absolute Gasteiger partial charge is 0.0886 e. The topological polar surface area (TPSA) is 9.23 Å². The normalized spacial score (nSPS) is 19.2. The van der Waals surface area contributed by atoms with Crippen molar-refractivity contribution < 1.29 is 4.74 Å². The van der Waals surface area contributed by atoms with Gasteiger partial charge < -0.3 is 4.74 Å². The number of allylic oxidation sites excluding steroid dienone is 2. The lowest BCUT2D eigenvalue weighted by Crippen LogP contribution is -2.20. The maximum atomic E-state index is 5.91. The Labute approximate surface area is 104 Å². The van der Waals surface area contributed by atoms with Gasteiger partial charge in [0, 0.05) is 0 Å². The van der Waals surface area contributed by atoms with Crippen molar-refractivity contribution in [3.8, 4) is 0 Å². The second-order valence-electron chi connectivity index (χ2n) is 4.92. The summed E-state index contributed by atoms with van der Waals surface area (Å²) in [5, 5.41) is 0. The second-order valence-corrected chi connectivity index (χ2v) is 4.92. The summed E-state index contributed by atoms with van der Waals surface area (Å²) in [5.74, 6) is 0. The largest absolute Gasteiger partial charge is 0.366 e. The first-order valence-electron chi connectivity index (χ1n) is 6.18. The summed E-state index contributed by atoms with van der Waals surface area (Å²) < 4.78 is 5.91. The van der Waals surface area contributed by atoms with Crippen molar-refractivity contribution in [2.45, 2.75) is 32.8 Å². The van der Waals surface area contributed by atoms with Crippen LogP contribution < -0.4 is 0 Å². The van der Waals surface area contributed by atoms with Gasteiger partial charge in [-0.15, -0.1) is 0 Å². The Morgan fingerprint density at radius 3 is 2.59 bits per heavy atom. The van der Waals surface area contributed by atoms with Crippen molar-refractivity contribution in [2.24, 2.45) is 0 Å². The molecule has 1 aromatic carbocycles. The Bertz CT molecular complexity index is 438. The molecular weight excluding hydrogens is 208 g/mol. The maximum Gasteiger partial charge on any atom is 0.0886 e. The van der Waals surface area contributed by atoms with Gasteiger partial charge in [-0.2, -0.15) is 0 Å². The molecule has 0 amide bonds. The third-order valence-corrected chi connectivity index (χ3v) is 3.23. The van der Waals surface area contributed by atoms with E-state index in [4.69, 9.17) is 4.74 Å². The molecule has 0 aliphatic carbocycles. The van der Waals surface area contributed by atoms with E-state index in [0.29, 0.717) is 0 Å². The number of hydrogen-bond donors (Lipinski definition) is 0. The van der Waals surface area contributed by atoms with Crippen LogP contribution in [0.15, 0.2) is 48.1 Å². The fourth-order valence-electron chi connectivity index (χ4n) is 2.42. The van der Waals surface area contributed by atoms with E-state index in [1.165, 1.54) is 16.7 Å². The maximum absolute atomic E-state index is 5.91. The van der Waals surface area contributed by atoms with Gasteiger partial charge in [0.15, 0.2) is 0 Å². The van der Waals surface area contributed by atoms with Gasteiger partial charge in [-0.25, -0.2) is 0 Å². The van der Waals surface area contributed by atoms with Crippen LogP contribution in [0.5, 0.6) is 0 Å². The van der Waals surface area contributed by atoms with Gasteiger partial charge >= 0.3 is 0 Å². The zero-order valence-electron chi connectivity index (χ0n) is 10.9. The van der Waals surface area contributed by atoms with Gasteiger partial charge in [0.25, 0.3) is 0 Å². The van der Waals surface area contributed by atoms with E-state index in [0.717, 1.165) is 13.0 Å². The molecule has 0 fully saturated rings. The molecule has 0 atom stereocenters. The zero-order chi connectivity index (χ0) is 12.3. The van der Waals surface area contributed by atoms with Crippen LogP contribution in [0.3, 0.4) is 0 Å². The third-order valence-electron chi connectivity index (χ3n) is 3.23. The molecule has 1 aliphatic rings. The minimum atomic E-state index is -0.168. The molecule has 0 bridgehead atoms. The van der Waals surface area contributed by atoms with Gasteiger partial charge in [0.2, 0.25) is 0 Å². The first-order chi connectivity index (χ1) is 8.15. The highest BCUT2D eigenvalue weighted by atomic mass is 16.5. The standard InChI is InChI=1S/C16H20O/c1-4-5-9-14-12-17-16(2,3)15(14)13-10-7-6-8-11-13/h4-8,10-11H,9,12H2,1-3H3/b5-4+. The van der Waals surface area contributed by atoms with Crippen LogP contribution in [0.25, 0.3) is 5.57 Å². The molecule has 1 aromatic rings. The molecule has 0 N–H and O–H groups in total. The lowest BCUT2D eigenvalue weighted by atomic mass is 9.88. The van der Waals surface area contributed by atoms with Crippen LogP contribution in [0.4, 0.5) is 0 Å². The molecule has 0 spiro atoms. The van der Waals surface area contributed by atoms with E-state index in [-0.39, 0.29) is 5.60 Å². The van der Waals surface area contributed by atoms with Crippen molar-refractivity contribution in [3.05, 3.63) is 53.6 Å². The van der Waals surface area contributed by atoms with Crippen molar-refractivity contribution in [2.75, 3.05) is 6.61 Å². The lowest BCUT2D eigenvalue weighted by Gasteiger charge is -2.22. The van der Waals surface area contributed by atoms with E-state index < -0.39 is 0 Å². The summed E-state index contributed by atoms with van der Waals surface area (Å²) in [6, 6.07) is 10.6. The highest BCUT2D eigenvalue weighted by molar-refractivity contribution is 5.76. The van der Waals surface area contributed by atoms with Gasteiger partial charge in [0.05, 0.1) is 12.2 Å². The van der Waals surface area contributed by atoms with Crippen LogP contribution in [0, 0.1) is 0 Å². The Kier molecular flexibility index (Phi) is 3.49. The summed E-state index contributed by atoms with van der Waals surface area (Å²) in [7, 11) is 0. The minimum Gasteiger partial charge on any atom is -0.366 e. The molecule has 0 radical (unpaired) electrons. The van der Waals surface area contributed by atoms with Crippen molar-refractivity contribution >= 4 is 5.57 Å². The summed E-state index contributed by atoms with van der Waals surface area (Å²) in [4.78, 5) is 0. The van der Waals surface area contributed by atoms with Crippen LogP contribution >= 0.6 is 0 Å². The highest BCUT2D eigenvalue weighted by Gasteiger charge is 2.33. The van der Waals surface area contributed by atoms with E-state index in [9.17, 15) is 0 Å². The average molecular weight is 228 g/mol. The number of ether oxygens (including phenoxy) is 1. The van der Waals surface area contributed by atoms with Crippen LogP contribution in [0.2, 0.25) is 0 Å². The lowest BCUT2D eigenvalue weighted by molar-refractivity contribution is 0.0612. The molecule has 0 unspecified atom stereocenters. The Hall–Kier alpha value is -1.34. The van der Waals surface area contributed by atoms with Crippen molar-refractivity contribution in [3.63, 3.8) is 0 Å². The molecule has 1 aliphatic heterocycles. The van der Waals surface area contributed by atoms with Crippen molar-refractivity contribution in [1.29, 1.82) is 0 Å². The van der Waals surface area contributed by atoms with Gasteiger partial charge in [-0.1, -0.05) is 42.5 Å². The SMILES string of the molecule is C/C=C/CC1=C(c2ccccc2)C(C)(C)OC1. The monoisotopic (exact) mass is 228 g/mol. The predicted octanol–water partition coefficient (Wildman–Crippen LogP) is 4.22. The van der Waals surface area contributed by atoms with E-state index in [1.807, 2.05) is 0 Å². The molecule has 1 heterocycles. The quantitative estimate of drug-likeness (QED) is 0.704.